The molecule has 202 valence electrons. The Morgan fingerprint density at radius 3 is 2.58 bits per heavy atom. The van der Waals surface area contributed by atoms with Crippen LogP contribution in [0, 0.1) is 12.8 Å². The Bertz CT molecular complexity index is 1040. The fourth-order valence-electron chi connectivity index (χ4n) is 5.54. The summed E-state index contributed by atoms with van der Waals surface area (Å²) >= 11 is 0. The normalized spacial score (nSPS) is 29.6. The highest BCUT2D eigenvalue weighted by molar-refractivity contribution is 8.01. The SMILES string of the molecule is CCC[C@@H](C)COC[C@H]1NS(=O)(c2ccc(C)cc2)=C2CC21OC(=O)N1CCC(CCO)(OC)CC1. The van der Waals surface area contributed by atoms with E-state index in [2.05, 4.69) is 18.6 Å². The van der Waals surface area contributed by atoms with Crippen LogP contribution in [0.4, 0.5) is 4.79 Å². The fraction of sp³-hybridized carbons (Fsp3) is 0.704. The van der Waals surface area contributed by atoms with E-state index in [1.807, 2.05) is 31.2 Å². The van der Waals surface area contributed by atoms with Gasteiger partial charge in [-0.3, -0.25) is 0 Å². The molecule has 1 amide bonds. The molecule has 2 N–H and O–H groups in total. The monoisotopic (exact) mass is 522 g/mol. The number of hydrogen-bond acceptors (Lipinski definition) is 6. The molecule has 0 spiro atoms. The molecular weight excluding hydrogens is 480 g/mol. The van der Waals surface area contributed by atoms with Crippen molar-refractivity contribution in [2.45, 2.75) is 81.4 Å². The van der Waals surface area contributed by atoms with Gasteiger partial charge in [0.1, 0.15) is 0 Å². The number of nitrogens with zero attached hydrogens (tertiary/aromatic N) is 1. The number of likely N-dealkylation sites (tertiary alicyclic amines) is 1. The maximum atomic E-state index is 14.2. The number of carbonyl (C=O) groups excluding carboxylic acids is 1. The molecule has 1 aliphatic carbocycles. The smallest absolute Gasteiger partial charge is 0.410 e. The Hall–Kier alpha value is -1.65. The molecule has 0 bridgehead atoms. The zero-order chi connectivity index (χ0) is 26.0. The van der Waals surface area contributed by atoms with Gasteiger partial charge in [0.05, 0.1) is 32.8 Å². The van der Waals surface area contributed by atoms with E-state index in [4.69, 9.17) is 14.2 Å². The van der Waals surface area contributed by atoms with Gasteiger partial charge in [0.15, 0.2) is 5.60 Å². The minimum Gasteiger partial charge on any atom is -0.435 e. The lowest BCUT2D eigenvalue weighted by Gasteiger charge is -2.40. The van der Waals surface area contributed by atoms with Gasteiger partial charge in [0.2, 0.25) is 0 Å². The summed E-state index contributed by atoms with van der Waals surface area (Å²) in [5, 5.41) is 9.41. The summed E-state index contributed by atoms with van der Waals surface area (Å²) in [4.78, 5) is 16.5. The zero-order valence-corrected chi connectivity index (χ0v) is 22.9. The molecule has 4 atom stereocenters. The Kier molecular flexibility index (Phi) is 8.36. The van der Waals surface area contributed by atoms with Crippen LogP contribution in [0.25, 0.3) is 0 Å². The van der Waals surface area contributed by atoms with Gasteiger partial charge in [-0.15, -0.1) is 0 Å². The minimum atomic E-state index is -2.69. The summed E-state index contributed by atoms with van der Waals surface area (Å²) < 4.78 is 35.4. The van der Waals surface area contributed by atoms with Gasteiger partial charge in [-0.25, -0.2) is 13.7 Å². The molecule has 2 fully saturated rings. The number of rotatable bonds is 11. The number of carbonyl (C=O) groups is 1. The third-order valence-electron chi connectivity index (χ3n) is 8.01. The number of ether oxygens (including phenoxy) is 3. The van der Waals surface area contributed by atoms with Crippen LogP contribution in [0.1, 0.15) is 57.9 Å². The lowest BCUT2D eigenvalue weighted by atomic mass is 9.88. The van der Waals surface area contributed by atoms with E-state index in [0.717, 1.165) is 28.2 Å². The largest absolute Gasteiger partial charge is 0.435 e. The first-order chi connectivity index (χ1) is 17.2. The highest BCUT2D eigenvalue weighted by Gasteiger charge is 2.67. The number of fused-ring (bicyclic) bond motifs is 1. The number of methoxy groups -OCH3 is 1. The summed E-state index contributed by atoms with van der Waals surface area (Å²) in [7, 11) is -1.03. The van der Waals surface area contributed by atoms with Gasteiger partial charge in [0.25, 0.3) is 0 Å². The van der Waals surface area contributed by atoms with E-state index in [-0.39, 0.29) is 12.6 Å². The van der Waals surface area contributed by atoms with Gasteiger partial charge in [-0.05, 0) is 50.7 Å². The molecule has 8 nitrogen and oxygen atoms in total. The first kappa shape index (κ1) is 27.4. The van der Waals surface area contributed by atoms with Gasteiger partial charge >= 0.3 is 6.09 Å². The van der Waals surface area contributed by atoms with Crippen molar-refractivity contribution in [3.8, 4) is 0 Å². The Balaban J connectivity index is 1.50. The molecule has 0 radical (unpaired) electrons. The number of aliphatic hydroxyl groups is 1. The van der Waals surface area contributed by atoms with Crippen LogP contribution in [0.2, 0.25) is 0 Å². The molecule has 1 saturated heterocycles. The van der Waals surface area contributed by atoms with Crippen LogP contribution in [0.5, 0.6) is 0 Å². The molecule has 0 aromatic heterocycles. The molecule has 2 unspecified atom stereocenters. The van der Waals surface area contributed by atoms with E-state index in [9.17, 15) is 14.1 Å². The van der Waals surface area contributed by atoms with Crippen LogP contribution >= 0.6 is 0 Å². The molecule has 3 aliphatic rings. The lowest BCUT2D eigenvalue weighted by molar-refractivity contribution is -0.0709. The third kappa shape index (κ3) is 5.31. The molecular formula is C27H42N2O6S. The van der Waals surface area contributed by atoms with E-state index < -0.39 is 27.0 Å². The Morgan fingerprint density at radius 1 is 1.28 bits per heavy atom. The predicted molar refractivity (Wildman–Crippen MR) is 140 cm³/mol. The quantitative estimate of drug-likeness (QED) is 0.433. The lowest BCUT2D eigenvalue weighted by Crippen LogP contribution is -2.51. The number of aliphatic hydroxyl groups excluding tert-OH is 1. The maximum Gasteiger partial charge on any atom is 0.410 e. The van der Waals surface area contributed by atoms with E-state index in [1.165, 1.54) is 0 Å². The summed E-state index contributed by atoms with van der Waals surface area (Å²) in [6.45, 7) is 8.32. The maximum absolute atomic E-state index is 14.2. The van der Waals surface area contributed by atoms with E-state index >= 15 is 0 Å². The van der Waals surface area contributed by atoms with Crippen LogP contribution < -0.4 is 4.72 Å². The summed E-state index contributed by atoms with van der Waals surface area (Å²) in [5.41, 5.74) is -0.212. The molecule has 9 heteroatoms. The van der Waals surface area contributed by atoms with Crippen molar-refractivity contribution >= 4 is 20.7 Å². The summed E-state index contributed by atoms with van der Waals surface area (Å²) in [6.07, 6.45) is 4.11. The standard InChI is InChI=1S/C27H42N2O6S/c1-5-6-21(3)18-34-19-23-27(17-24(27)36(32,28-23)22-9-7-20(2)8-10-22)35-25(31)29-14-11-26(33-4,12-15-29)13-16-30/h7-10,21,23,30H,5-6,11-19H2,1-4H3,(H,28,32)/t21-,23-,27?,36?/m1/s1. The molecule has 2 heterocycles. The van der Waals surface area contributed by atoms with Gasteiger partial charge in [0, 0.05) is 44.7 Å². The summed E-state index contributed by atoms with van der Waals surface area (Å²) in [5.74, 6) is 0.437. The second-order valence-corrected chi connectivity index (χ2v) is 13.0. The van der Waals surface area contributed by atoms with Crippen molar-refractivity contribution in [2.24, 2.45) is 5.92 Å². The highest BCUT2D eigenvalue weighted by Crippen LogP contribution is 2.48. The molecule has 1 saturated carbocycles. The Morgan fingerprint density at radius 2 is 1.97 bits per heavy atom. The number of hydrogen-bond donors (Lipinski definition) is 2. The number of aryl methyl sites for hydroxylation is 1. The number of piperidine rings is 1. The predicted octanol–water partition coefficient (Wildman–Crippen LogP) is 3.29. The number of benzene rings is 1. The highest BCUT2D eigenvalue weighted by atomic mass is 32.2. The van der Waals surface area contributed by atoms with Crippen LogP contribution in [-0.2, 0) is 23.9 Å². The molecule has 36 heavy (non-hydrogen) atoms. The van der Waals surface area contributed by atoms with Crippen LogP contribution in [0.15, 0.2) is 29.2 Å². The van der Waals surface area contributed by atoms with Crippen molar-refractivity contribution < 1.29 is 28.3 Å². The zero-order valence-electron chi connectivity index (χ0n) is 22.1. The Labute approximate surface area is 215 Å². The van der Waals surface area contributed by atoms with Crippen molar-refractivity contribution in [3.05, 3.63) is 29.8 Å². The van der Waals surface area contributed by atoms with Crippen molar-refractivity contribution in [2.75, 3.05) is 40.0 Å². The molecule has 4 rings (SSSR count). The van der Waals surface area contributed by atoms with Crippen molar-refractivity contribution in [1.29, 1.82) is 0 Å². The van der Waals surface area contributed by atoms with Crippen LogP contribution in [-0.4, -0.2) is 82.4 Å². The second-order valence-electron chi connectivity index (χ2n) is 10.7. The topological polar surface area (TPSA) is 97.3 Å². The van der Waals surface area contributed by atoms with Crippen molar-refractivity contribution in [1.82, 2.24) is 9.62 Å². The van der Waals surface area contributed by atoms with Gasteiger partial charge in [-0.1, -0.05) is 38.0 Å². The summed E-state index contributed by atoms with van der Waals surface area (Å²) in [6, 6.07) is 7.34. The molecule has 1 aromatic rings. The first-order valence-electron chi connectivity index (χ1n) is 13.2. The van der Waals surface area contributed by atoms with Crippen molar-refractivity contribution in [3.63, 3.8) is 0 Å². The second kappa shape index (κ2) is 11.0. The van der Waals surface area contributed by atoms with Gasteiger partial charge in [-0.2, -0.15) is 0 Å². The van der Waals surface area contributed by atoms with E-state index in [0.29, 0.717) is 57.9 Å². The average Bonchev–Trinajstić information content (AvgIpc) is 3.55. The van der Waals surface area contributed by atoms with E-state index in [1.54, 1.807) is 12.0 Å². The first-order valence-corrected chi connectivity index (χ1v) is 14.7. The third-order valence-corrected chi connectivity index (χ3v) is 10.7. The average molecular weight is 523 g/mol. The molecule has 1 aromatic carbocycles. The number of amides is 1. The van der Waals surface area contributed by atoms with Crippen LogP contribution in [0.3, 0.4) is 0 Å². The fourth-order valence-corrected chi connectivity index (χ4v) is 8.37. The number of nitrogens with one attached hydrogen (secondary N) is 1. The molecule has 2 aliphatic heterocycles. The minimum absolute atomic E-state index is 0.0529. The van der Waals surface area contributed by atoms with Gasteiger partial charge < -0.3 is 24.2 Å².